The molecule has 0 aliphatic heterocycles. The van der Waals surface area contributed by atoms with Crippen LogP contribution in [0.2, 0.25) is 0 Å². The van der Waals surface area contributed by atoms with Gasteiger partial charge in [-0.1, -0.05) is 30.3 Å². The maximum Gasteiger partial charge on any atom is 0.242 e. The molecule has 1 amide bonds. The molecule has 1 atom stereocenters. The minimum absolute atomic E-state index is 0.0678. The lowest BCUT2D eigenvalue weighted by Crippen LogP contribution is -2.41. The number of fused-ring (bicyclic) bond motifs is 3. The summed E-state index contributed by atoms with van der Waals surface area (Å²) in [7, 11) is -2.33. The molecule has 154 valence electrons. The number of benzene rings is 3. The highest BCUT2D eigenvalue weighted by Gasteiger charge is 2.23. The largest absolute Gasteiger partial charge is 0.497 e. The van der Waals surface area contributed by atoms with E-state index in [1.165, 1.54) is 37.3 Å². The lowest BCUT2D eigenvalue weighted by molar-refractivity contribution is -0.117. The second kappa shape index (κ2) is 7.93. The summed E-state index contributed by atoms with van der Waals surface area (Å²) >= 11 is 0. The normalized spacial score (nSPS) is 13.3. The molecule has 0 saturated heterocycles. The third kappa shape index (κ3) is 3.94. The molecule has 0 aromatic heterocycles. The summed E-state index contributed by atoms with van der Waals surface area (Å²) in [6.45, 7) is 1.51. The van der Waals surface area contributed by atoms with E-state index in [1.54, 1.807) is 12.1 Å². The van der Waals surface area contributed by atoms with Crippen LogP contribution in [0.3, 0.4) is 0 Å². The number of anilines is 1. The molecule has 0 fully saturated rings. The van der Waals surface area contributed by atoms with Gasteiger partial charge in [0.1, 0.15) is 5.75 Å². The van der Waals surface area contributed by atoms with Crippen molar-refractivity contribution < 1.29 is 17.9 Å². The molecule has 30 heavy (non-hydrogen) atoms. The van der Waals surface area contributed by atoms with Gasteiger partial charge in [0, 0.05) is 5.69 Å². The smallest absolute Gasteiger partial charge is 0.242 e. The SMILES string of the molecule is COc1ccc(S(=O)(=O)N[C@H](C)C(=O)Nc2ccc3c(c2)Cc2ccccc2-3)cc1. The van der Waals surface area contributed by atoms with Crippen molar-refractivity contribution >= 4 is 21.6 Å². The van der Waals surface area contributed by atoms with Crippen molar-refractivity contribution in [2.24, 2.45) is 0 Å². The summed E-state index contributed by atoms with van der Waals surface area (Å²) in [5, 5.41) is 2.80. The Morgan fingerprint density at radius 2 is 1.67 bits per heavy atom. The fourth-order valence-electron chi connectivity index (χ4n) is 3.58. The third-order valence-corrected chi connectivity index (χ3v) is 6.71. The molecule has 3 aromatic rings. The molecule has 1 aliphatic rings. The average molecular weight is 423 g/mol. The van der Waals surface area contributed by atoms with Gasteiger partial charge in [-0.05, 0) is 72.0 Å². The Morgan fingerprint density at radius 1 is 0.967 bits per heavy atom. The molecule has 1 aliphatic carbocycles. The summed E-state index contributed by atoms with van der Waals surface area (Å²) in [6, 6.07) is 19.0. The molecule has 2 N–H and O–H groups in total. The van der Waals surface area contributed by atoms with Crippen LogP contribution in [0.15, 0.2) is 71.6 Å². The van der Waals surface area contributed by atoms with Gasteiger partial charge in [-0.15, -0.1) is 0 Å². The number of carbonyl (C=O) groups excluding carboxylic acids is 1. The van der Waals surface area contributed by atoms with Crippen LogP contribution >= 0.6 is 0 Å². The van der Waals surface area contributed by atoms with Crippen LogP contribution in [-0.4, -0.2) is 27.5 Å². The first kappa shape index (κ1) is 20.1. The van der Waals surface area contributed by atoms with E-state index in [0.29, 0.717) is 11.4 Å². The number of hydrogen-bond donors (Lipinski definition) is 2. The van der Waals surface area contributed by atoms with Crippen LogP contribution in [0.1, 0.15) is 18.1 Å². The molecule has 4 rings (SSSR count). The number of nitrogens with one attached hydrogen (secondary N) is 2. The lowest BCUT2D eigenvalue weighted by Gasteiger charge is -2.15. The highest BCUT2D eigenvalue weighted by atomic mass is 32.2. The van der Waals surface area contributed by atoms with E-state index in [-0.39, 0.29) is 4.90 Å². The lowest BCUT2D eigenvalue weighted by atomic mass is 10.1. The molecule has 0 saturated carbocycles. The zero-order valence-corrected chi connectivity index (χ0v) is 17.5. The summed E-state index contributed by atoms with van der Waals surface area (Å²) < 4.78 is 32.5. The quantitative estimate of drug-likeness (QED) is 0.498. The number of ether oxygens (including phenoxy) is 1. The third-order valence-electron chi connectivity index (χ3n) is 5.16. The molecule has 0 heterocycles. The Kier molecular flexibility index (Phi) is 5.32. The minimum atomic E-state index is -3.83. The number of carbonyl (C=O) groups is 1. The maximum absolute atomic E-state index is 12.6. The van der Waals surface area contributed by atoms with Crippen molar-refractivity contribution in [1.29, 1.82) is 0 Å². The van der Waals surface area contributed by atoms with Crippen molar-refractivity contribution in [3.63, 3.8) is 0 Å². The van der Waals surface area contributed by atoms with Gasteiger partial charge in [0.2, 0.25) is 15.9 Å². The van der Waals surface area contributed by atoms with E-state index in [9.17, 15) is 13.2 Å². The zero-order valence-electron chi connectivity index (χ0n) is 16.7. The summed E-state index contributed by atoms with van der Waals surface area (Å²) in [4.78, 5) is 12.7. The standard InChI is InChI=1S/C23H22N2O4S/c1-15(25-30(27,28)20-10-8-19(29-2)9-11-20)23(26)24-18-7-12-22-17(14-18)13-16-5-3-4-6-21(16)22/h3-12,14-15,25H,13H2,1-2H3,(H,24,26)/t15-/m1/s1. The van der Waals surface area contributed by atoms with Gasteiger partial charge in [-0.2, -0.15) is 4.72 Å². The summed E-state index contributed by atoms with van der Waals surface area (Å²) in [5.41, 5.74) is 5.42. The van der Waals surface area contributed by atoms with Crippen molar-refractivity contribution in [2.45, 2.75) is 24.3 Å². The van der Waals surface area contributed by atoms with Gasteiger partial charge in [0.15, 0.2) is 0 Å². The predicted octanol–water partition coefficient (Wildman–Crippen LogP) is 3.57. The van der Waals surface area contributed by atoms with E-state index in [4.69, 9.17) is 4.74 Å². The van der Waals surface area contributed by atoms with Crippen LogP contribution < -0.4 is 14.8 Å². The van der Waals surface area contributed by atoms with Crippen molar-refractivity contribution in [3.05, 3.63) is 77.9 Å². The number of amides is 1. The van der Waals surface area contributed by atoms with Crippen molar-refractivity contribution in [1.82, 2.24) is 4.72 Å². The van der Waals surface area contributed by atoms with E-state index < -0.39 is 22.0 Å². The minimum Gasteiger partial charge on any atom is -0.497 e. The molecule has 0 spiro atoms. The Morgan fingerprint density at radius 3 is 2.40 bits per heavy atom. The van der Waals surface area contributed by atoms with Gasteiger partial charge >= 0.3 is 0 Å². The number of hydrogen-bond acceptors (Lipinski definition) is 4. The van der Waals surface area contributed by atoms with E-state index in [2.05, 4.69) is 22.2 Å². The van der Waals surface area contributed by atoms with Gasteiger partial charge in [-0.25, -0.2) is 8.42 Å². The van der Waals surface area contributed by atoms with Gasteiger partial charge in [0.25, 0.3) is 0 Å². The molecule has 0 radical (unpaired) electrons. The monoisotopic (exact) mass is 422 g/mol. The molecule has 7 heteroatoms. The van der Waals surface area contributed by atoms with Crippen molar-refractivity contribution in [3.8, 4) is 16.9 Å². The second-order valence-electron chi connectivity index (χ2n) is 7.21. The van der Waals surface area contributed by atoms with Gasteiger partial charge in [0.05, 0.1) is 18.0 Å². The van der Waals surface area contributed by atoms with Crippen LogP contribution in [0.4, 0.5) is 5.69 Å². The summed E-state index contributed by atoms with van der Waals surface area (Å²) in [6.07, 6.45) is 0.814. The van der Waals surface area contributed by atoms with Crippen LogP contribution in [0.25, 0.3) is 11.1 Å². The van der Waals surface area contributed by atoms with Gasteiger partial charge in [-0.3, -0.25) is 4.79 Å². The van der Waals surface area contributed by atoms with E-state index >= 15 is 0 Å². The molecule has 0 unspecified atom stereocenters. The maximum atomic E-state index is 12.6. The Labute approximate surface area is 176 Å². The second-order valence-corrected chi connectivity index (χ2v) is 8.93. The van der Waals surface area contributed by atoms with Crippen molar-refractivity contribution in [2.75, 3.05) is 12.4 Å². The van der Waals surface area contributed by atoms with Crippen LogP contribution in [0.5, 0.6) is 5.75 Å². The topological polar surface area (TPSA) is 84.5 Å². The number of sulfonamides is 1. The molecule has 3 aromatic carbocycles. The van der Waals surface area contributed by atoms with Crippen LogP contribution in [0, 0.1) is 0 Å². The fraction of sp³-hybridized carbons (Fsp3) is 0.174. The first-order valence-electron chi connectivity index (χ1n) is 9.56. The van der Waals surface area contributed by atoms with E-state index in [0.717, 1.165) is 17.5 Å². The number of methoxy groups -OCH3 is 1. The Bertz CT molecular complexity index is 1200. The highest BCUT2D eigenvalue weighted by Crippen LogP contribution is 2.37. The molecule has 6 nitrogen and oxygen atoms in total. The zero-order chi connectivity index (χ0) is 21.3. The summed E-state index contributed by atoms with van der Waals surface area (Å²) in [5.74, 6) is 0.126. The predicted molar refractivity (Wildman–Crippen MR) is 116 cm³/mol. The first-order chi connectivity index (χ1) is 14.4. The fourth-order valence-corrected chi connectivity index (χ4v) is 4.79. The Balaban J connectivity index is 1.44. The molecular weight excluding hydrogens is 400 g/mol. The highest BCUT2D eigenvalue weighted by molar-refractivity contribution is 7.89. The van der Waals surface area contributed by atoms with Crippen LogP contribution in [-0.2, 0) is 21.2 Å². The first-order valence-corrected chi connectivity index (χ1v) is 11.0. The van der Waals surface area contributed by atoms with Gasteiger partial charge < -0.3 is 10.1 Å². The molecule has 0 bridgehead atoms. The van der Waals surface area contributed by atoms with E-state index in [1.807, 2.05) is 30.3 Å². The number of rotatable bonds is 6. The Hall–Kier alpha value is -3.16. The average Bonchev–Trinajstić information content (AvgIpc) is 3.11. The molecular formula is C23H22N2O4S.